The van der Waals surface area contributed by atoms with Crippen molar-refractivity contribution in [2.75, 3.05) is 20.4 Å². The van der Waals surface area contributed by atoms with E-state index in [-0.39, 0.29) is 16.6 Å². The van der Waals surface area contributed by atoms with Gasteiger partial charge in [-0.15, -0.1) is 0 Å². The van der Waals surface area contributed by atoms with E-state index in [0.29, 0.717) is 17.6 Å². The fraction of sp³-hybridized carbons (Fsp3) is 0.211. The van der Waals surface area contributed by atoms with Crippen LogP contribution in [0.2, 0.25) is 0 Å². The van der Waals surface area contributed by atoms with Gasteiger partial charge in [-0.05, 0) is 42.0 Å². The zero-order chi connectivity index (χ0) is 19.1. The summed E-state index contributed by atoms with van der Waals surface area (Å²) in [7, 11) is -0.0306. The Labute approximate surface area is 151 Å². The number of aromatic nitrogens is 1. The van der Waals surface area contributed by atoms with E-state index in [4.69, 9.17) is 0 Å². The van der Waals surface area contributed by atoms with E-state index < -0.39 is 9.84 Å². The summed E-state index contributed by atoms with van der Waals surface area (Å²) in [6.07, 6.45) is 1.15. The van der Waals surface area contributed by atoms with E-state index in [9.17, 15) is 17.6 Å². The molecule has 3 rings (SSSR count). The Hall–Kier alpha value is -2.67. The number of amides is 1. The summed E-state index contributed by atoms with van der Waals surface area (Å²) in [6.45, 7) is 0.372. The van der Waals surface area contributed by atoms with Crippen molar-refractivity contribution < 1.29 is 17.6 Å². The molecule has 0 radical (unpaired) electrons. The Morgan fingerprint density at radius 1 is 1.08 bits per heavy atom. The minimum atomic E-state index is -3.34. The molecule has 0 aliphatic carbocycles. The molecule has 0 N–H and O–H groups in total. The predicted octanol–water partition coefficient (Wildman–Crippen LogP) is 2.93. The van der Waals surface area contributed by atoms with Crippen molar-refractivity contribution in [1.29, 1.82) is 0 Å². The van der Waals surface area contributed by atoms with Crippen LogP contribution in [0.3, 0.4) is 0 Å². The van der Waals surface area contributed by atoms with E-state index in [1.165, 1.54) is 23.1 Å². The van der Waals surface area contributed by atoms with Gasteiger partial charge in [0.25, 0.3) is 5.91 Å². The predicted molar refractivity (Wildman–Crippen MR) is 98.6 cm³/mol. The first-order chi connectivity index (χ1) is 12.2. The van der Waals surface area contributed by atoms with Crippen molar-refractivity contribution in [2.24, 2.45) is 0 Å². The van der Waals surface area contributed by atoms with Crippen LogP contribution in [0.25, 0.3) is 10.9 Å². The van der Waals surface area contributed by atoms with Gasteiger partial charge >= 0.3 is 0 Å². The number of carbonyl (C=O) groups excluding carboxylic acids is 1. The largest absolute Gasteiger partial charge is 0.343 e. The molecule has 26 heavy (non-hydrogen) atoms. The summed E-state index contributed by atoms with van der Waals surface area (Å²) < 4.78 is 38.6. The summed E-state index contributed by atoms with van der Waals surface area (Å²) in [6, 6.07) is 12.6. The highest BCUT2D eigenvalue weighted by Gasteiger charge is 2.19. The Kier molecular flexibility index (Phi) is 4.58. The van der Waals surface area contributed by atoms with Gasteiger partial charge in [-0.25, -0.2) is 12.8 Å². The second kappa shape index (κ2) is 6.57. The summed E-state index contributed by atoms with van der Waals surface area (Å²) in [5.74, 6) is -0.516. The molecule has 0 fully saturated rings. The maximum absolute atomic E-state index is 13.2. The van der Waals surface area contributed by atoms with Crippen molar-refractivity contribution >= 4 is 26.6 Å². The topological polar surface area (TPSA) is 59.4 Å². The number of benzene rings is 2. The minimum absolute atomic E-state index is 0.191. The smallest absolute Gasteiger partial charge is 0.270 e. The van der Waals surface area contributed by atoms with Crippen LogP contribution in [-0.4, -0.2) is 44.1 Å². The monoisotopic (exact) mass is 374 g/mol. The average Bonchev–Trinajstić information content (AvgIpc) is 2.93. The number of halogens is 1. The fourth-order valence-corrected chi connectivity index (χ4v) is 3.48. The lowest BCUT2D eigenvalue weighted by atomic mass is 10.2. The minimum Gasteiger partial charge on any atom is -0.343 e. The van der Waals surface area contributed by atoms with Crippen LogP contribution < -0.4 is 0 Å². The SMILES string of the molecule is CN(C)C(=O)c1cc2cc(S(C)(=O)=O)ccc2n1Cc1ccc(F)cc1. The van der Waals surface area contributed by atoms with E-state index in [1.807, 2.05) is 4.57 Å². The molecule has 0 spiro atoms. The quantitative estimate of drug-likeness (QED) is 0.705. The van der Waals surface area contributed by atoms with Crippen LogP contribution in [0.15, 0.2) is 53.4 Å². The Morgan fingerprint density at radius 3 is 2.31 bits per heavy atom. The number of fused-ring (bicyclic) bond motifs is 1. The van der Waals surface area contributed by atoms with Gasteiger partial charge in [0.15, 0.2) is 9.84 Å². The molecule has 1 heterocycles. The van der Waals surface area contributed by atoms with E-state index in [1.54, 1.807) is 44.4 Å². The van der Waals surface area contributed by atoms with Gasteiger partial charge in [0.1, 0.15) is 11.5 Å². The zero-order valence-electron chi connectivity index (χ0n) is 14.7. The van der Waals surface area contributed by atoms with Crippen LogP contribution in [-0.2, 0) is 16.4 Å². The standard InChI is InChI=1S/C19H19FN2O3S/c1-21(2)19(23)18-11-14-10-16(26(3,24)25)8-9-17(14)22(18)12-13-4-6-15(20)7-5-13/h4-11H,12H2,1-3H3. The van der Waals surface area contributed by atoms with Crippen LogP contribution in [0, 0.1) is 5.82 Å². The molecule has 0 saturated carbocycles. The van der Waals surface area contributed by atoms with Crippen molar-refractivity contribution in [2.45, 2.75) is 11.4 Å². The number of carbonyl (C=O) groups is 1. The lowest BCUT2D eigenvalue weighted by molar-refractivity contribution is 0.0818. The first-order valence-electron chi connectivity index (χ1n) is 7.96. The molecular weight excluding hydrogens is 355 g/mol. The van der Waals surface area contributed by atoms with E-state index in [2.05, 4.69) is 0 Å². The molecular formula is C19H19FN2O3S. The lowest BCUT2D eigenvalue weighted by Gasteiger charge is -2.14. The molecule has 1 amide bonds. The molecule has 0 bridgehead atoms. The third-order valence-electron chi connectivity index (χ3n) is 4.18. The lowest BCUT2D eigenvalue weighted by Crippen LogP contribution is -2.24. The highest BCUT2D eigenvalue weighted by Crippen LogP contribution is 2.25. The number of hydrogen-bond acceptors (Lipinski definition) is 3. The molecule has 7 heteroatoms. The Morgan fingerprint density at radius 2 is 1.73 bits per heavy atom. The molecule has 0 saturated heterocycles. The van der Waals surface area contributed by atoms with Crippen LogP contribution in [0.5, 0.6) is 0 Å². The molecule has 3 aromatic rings. The number of hydrogen-bond donors (Lipinski definition) is 0. The number of nitrogens with zero attached hydrogens (tertiary/aromatic N) is 2. The molecule has 136 valence electrons. The molecule has 0 aliphatic rings. The first-order valence-corrected chi connectivity index (χ1v) is 9.85. The number of rotatable bonds is 4. The third-order valence-corrected chi connectivity index (χ3v) is 5.29. The average molecular weight is 374 g/mol. The maximum atomic E-state index is 13.2. The van der Waals surface area contributed by atoms with Crippen LogP contribution in [0.4, 0.5) is 4.39 Å². The van der Waals surface area contributed by atoms with Crippen LogP contribution in [0.1, 0.15) is 16.1 Å². The van der Waals surface area contributed by atoms with Gasteiger partial charge in [0, 0.05) is 37.8 Å². The summed E-state index contributed by atoms with van der Waals surface area (Å²) >= 11 is 0. The van der Waals surface area contributed by atoms with Gasteiger partial charge in [-0.1, -0.05) is 12.1 Å². The van der Waals surface area contributed by atoms with Crippen molar-refractivity contribution in [3.05, 3.63) is 65.6 Å². The van der Waals surface area contributed by atoms with Gasteiger partial charge in [0.2, 0.25) is 0 Å². The first kappa shape index (κ1) is 18.1. The number of sulfone groups is 1. The van der Waals surface area contributed by atoms with Crippen LogP contribution >= 0.6 is 0 Å². The third kappa shape index (κ3) is 3.48. The second-order valence-electron chi connectivity index (χ2n) is 6.43. The molecule has 0 atom stereocenters. The molecule has 1 aromatic heterocycles. The molecule has 2 aromatic carbocycles. The fourth-order valence-electron chi connectivity index (χ4n) is 2.83. The summed E-state index contributed by atoms with van der Waals surface area (Å²) in [5, 5.41) is 0.667. The summed E-state index contributed by atoms with van der Waals surface area (Å²) in [4.78, 5) is 14.3. The normalized spacial score (nSPS) is 11.7. The molecule has 5 nitrogen and oxygen atoms in total. The van der Waals surface area contributed by atoms with E-state index in [0.717, 1.165) is 17.3 Å². The Bertz CT molecular complexity index is 1080. The highest BCUT2D eigenvalue weighted by atomic mass is 32.2. The van der Waals surface area contributed by atoms with Gasteiger partial charge < -0.3 is 9.47 Å². The van der Waals surface area contributed by atoms with Crippen molar-refractivity contribution in [3.8, 4) is 0 Å². The summed E-state index contributed by atoms with van der Waals surface area (Å²) in [5.41, 5.74) is 2.02. The van der Waals surface area contributed by atoms with Gasteiger partial charge in [-0.2, -0.15) is 0 Å². The van der Waals surface area contributed by atoms with Crippen molar-refractivity contribution in [3.63, 3.8) is 0 Å². The molecule has 0 unspecified atom stereocenters. The molecule has 0 aliphatic heterocycles. The van der Waals surface area contributed by atoms with Crippen molar-refractivity contribution in [1.82, 2.24) is 9.47 Å². The maximum Gasteiger partial charge on any atom is 0.270 e. The highest BCUT2D eigenvalue weighted by molar-refractivity contribution is 7.90. The van der Waals surface area contributed by atoms with Gasteiger partial charge in [-0.3, -0.25) is 4.79 Å². The Balaban J connectivity index is 2.18. The van der Waals surface area contributed by atoms with E-state index >= 15 is 0 Å². The van der Waals surface area contributed by atoms with Gasteiger partial charge in [0.05, 0.1) is 4.90 Å². The zero-order valence-corrected chi connectivity index (χ0v) is 15.5. The second-order valence-corrected chi connectivity index (χ2v) is 8.45.